The molecule has 0 heterocycles. The Bertz CT molecular complexity index is 816. The van der Waals surface area contributed by atoms with E-state index in [0.717, 1.165) is 5.69 Å². The monoisotopic (exact) mass is 532 g/mol. The Morgan fingerprint density at radius 2 is 1.72 bits per heavy atom. The van der Waals surface area contributed by atoms with Crippen LogP contribution in [0.3, 0.4) is 0 Å². The smallest absolute Gasteiger partial charge is 0.251 e. The second-order valence-corrected chi connectivity index (χ2v) is 6.15. The highest BCUT2D eigenvalue weighted by Crippen LogP contribution is 2.29. The number of halogens is 2. The fourth-order valence-corrected chi connectivity index (χ4v) is 2.52. The average molecular weight is 533 g/mol. The summed E-state index contributed by atoms with van der Waals surface area (Å²) in [6, 6.07) is 12.3. The fraction of sp³-hybridized carbons (Fsp3) is 0.300. The molecule has 2 rings (SSSR count). The molecule has 2 aromatic carbocycles. The lowest BCUT2D eigenvalue weighted by Crippen LogP contribution is -2.32. The van der Waals surface area contributed by atoms with Crippen LogP contribution in [0.15, 0.2) is 47.5 Å². The number of hydrogen-bond acceptors (Lipinski definition) is 4. The first kappa shape index (κ1) is 24.8. The first-order valence-electron chi connectivity index (χ1n) is 8.88. The predicted molar refractivity (Wildman–Crippen MR) is 128 cm³/mol. The molecule has 0 unspecified atom stereocenters. The summed E-state index contributed by atoms with van der Waals surface area (Å²) in [5.41, 5.74) is 1.37. The van der Waals surface area contributed by atoms with Crippen molar-refractivity contribution in [3.05, 3.63) is 53.1 Å². The lowest BCUT2D eigenvalue weighted by Gasteiger charge is -2.14. The number of carbonyl (C=O) groups excluding carboxylic acids is 1. The van der Waals surface area contributed by atoms with Gasteiger partial charge in [0.2, 0.25) is 0 Å². The number of rotatable bonds is 8. The molecule has 0 radical (unpaired) electrons. The Morgan fingerprint density at radius 1 is 1.03 bits per heavy atom. The molecular formula is C20H26ClIN4O3. The maximum atomic E-state index is 12.1. The summed E-state index contributed by atoms with van der Waals surface area (Å²) in [4.78, 5) is 16.6. The zero-order valence-electron chi connectivity index (χ0n) is 16.6. The fourth-order valence-electron chi connectivity index (χ4n) is 2.40. The number of methoxy groups -OCH3 is 2. The van der Waals surface area contributed by atoms with E-state index in [1.807, 2.05) is 25.1 Å². The molecule has 0 aliphatic rings. The predicted octanol–water partition coefficient (Wildman–Crippen LogP) is 3.78. The van der Waals surface area contributed by atoms with Crippen molar-refractivity contribution in [2.75, 3.05) is 39.2 Å². The number of ether oxygens (including phenoxy) is 2. The van der Waals surface area contributed by atoms with Gasteiger partial charge in [-0.1, -0.05) is 11.6 Å². The van der Waals surface area contributed by atoms with E-state index in [1.165, 1.54) is 0 Å². The Kier molecular flexibility index (Phi) is 11.2. The number of aliphatic imine (C=N–C) groups is 1. The molecule has 158 valence electrons. The minimum atomic E-state index is -0.162. The van der Waals surface area contributed by atoms with Gasteiger partial charge in [-0.3, -0.25) is 9.79 Å². The van der Waals surface area contributed by atoms with E-state index < -0.39 is 0 Å². The number of amides is 1. The van der Waals surface area contributed by atoms with Crippen molar-refractivity contribution in [2.24, 2.45) is 4.99 Å². The number of nitrogens with one attached hydrogen (secondary N) is 3. The quantitative estimate of drug-likeness (QED) is 0.209. The van der Waals surface area contributed by atoms with Gasteiger partial charge in [0, 0.05) is 35.4 Å². The molecule has 2 aromatic rings. The lowest BCUT2D eigenvalue weighted by molar-refractivity contribution is 0.0955. The first-order chi connectivity index (χ1) is 13.6. The third kappa shape index (κ3) is 7.98. The molecule has 1 amide bonds. The van der Waals surface area contributed by atoms with E-state index >= 15 is 0 Å². The minimum absolute atomic E-state index is 0. The molecular weight excluding hydrogens is 507 g/mol. The van der Waals surface area contributed by atoms with Gasteiger partial charge in [-0.15, -0.1) is 24.0 Å². The van der Waals surface area contributed by atoms with Crippen LogP contribution in [-0.4, -0.2) is 45.7 Å². The van der Waals surface area contributed by atoms with Gasteiger partial charge in [0.1, 0.15) is 0 Å². The van der Waals surface area contributed by atoms with Crippen molar-refractivity contribution in [1.82, 2.24) is 10.6 Å². The molecule has 0 spiro atoms. The summed E-state index contributed by atoms with van der Waals surface area (Å²) >= 11 is 5.83. The van der Waals surface area contributed by atoms with Crippen molar-refractivity contribution in [2.45, 2.75) is 6.92 Å². The van der Waals surface area contributed by atoms with Gasteiger partial charge in [-0.05, 0) is 43.3 Å². The molecule has 0 aliphatic carbocycles. The molecule has 29 heavy (non-hydrogen) atoms. The molecule has 0 aromatic heterocycles. The van der Waals surface area contributed by atoms with Gasteiger partial charge >= 0.3 is 0 Å². The van der Waals surface area contributed by atoms with Crippen LogP contribution in [-0.2, 0) is 0 Å². The van der Waals surface area contributed by atoms with E-state index in [1.54, 1.807) is 38.5 Å². The molecule has 0 bridgehead atoms. The van der Waals surface area contributed by atoms with Gasteiger partial charge in [0.15, 0.2) is 17.5 Å². The van der Waals surface area contributed by atoms with Crippen LogP contribution in [0.4, 0.5) is 5.69 Å². The zero-order chi connectivity index (χ0) is 20.4. The number of carbonyl (C=O) groups is 1. The Morgan fingerprint density at radius 3 is 2.34 bits per heavy atom. The highest BCUT2D eigenvalue weighted by molar-refractivity contribution is 14.0. The van der Waals surface area contributed by atoms with Crippen LogP contribution in [0.25, 0.3) is 0 Å². The maximum absolute atomic E-state index is 12.1. The summed E-state index contributed by atoms with van der Waals surface area (Å²) in [7, 11) is 3.18. The third-order valence-corrected chi connectivity index (χ3v) is 4.02. The number of anilines is 1. The molecule has 0 saturated carbocycles. The van der Waals surface area contributed by atoms with Crippen molar-refractivity contribution >= 4 is 53.1 Å². The van der Waals surface area contributed by atoms with E-state index in [2.05, 4.69) is 20.9 Å². The van der Waals surface area contributed by atoms with Crippen LogP contribution in [0.1, 0.15) is 17.3 Å². The van der Waals surface area contributed by atoms with Gasteiger partial charge in [-0.2, -0.15) is 0 Å². The van der Waals surface area contributed by atoms with Gasteiger partial charge in [0.05, 0.1) is 20.8 Å². The second kappa shape index (κ2) is 13.1. The van der Waals surface area contributed by atoms with Crippen molar-refractivity contribution in [3.8, 4) is 11.5 Å². The number of guanidine groups is 1. The standard InChI is InChI=1S/C20H25ClN4O3.HI/c1-4-22-20(25-16-9-10-17(27-2)18(13-16)28-3)24-12-11-23-19(26)14-5-7-15(21)8-6-14;/h5-10,13H,4,11-12H2,1-3H3,(H,23,26)(H2,22,24,25);1H. The van der Waals surface area contributed by atoms with Crippen molar-refractivity contribution in [3.63, 3.8) is 0 Å². The van der Waals surface area contributed by atoms with Crippen molar-refractivity contribution < 1.29 is 14.3 Å². The maximum Gasteiger partial charge on any atom is 0.251 e. The van der Waals surface area contributed by atoms with Gasteiger partial charge < -0.3 is 25.4 Å². The Labute approximate surface area is 193 Å². The number of benzene rings is 2. The molecule has 7 nitrogen and oxygen atoms in total. The van der Waals surface area contributed by atoms with Crippen LogP contribution in [0.2, 0.25) is 5.02 Å². The SMILES string of the molecule is CCNC(=NCCNC(=O)c1ccc(Cl)cc1)Nc1ccc(OC)c(OC)c1.I. The van der Waals surface area contributed by atoms with Crippen LogP contribution in [0.5, 0.6) is 11.5 Å². The summed E-state index contributed by atoms with van der Waals surface area (Å²) in [6.07, 6.45) is 0. The van der Waals surface area contributed by atoms with Crippen LogP contribution >= 0.6 is 35.6 Å². The lowest BCUT2D eigenvalue weighted by atomic mass is 10.2. The second-order valence-electron chi connectivity index (χ2n) is 5.72. The number of nitrogens with zero attached hydrogens (tertiary/aromatic N) is 1. The highest BCUT2D eigenvalue weighted by atomic mass is 127. The highest BCUT2D eigenvalue weighted by Gasteiger charge is 2.07. The van der Waals surface area contributed by atoms with Gasteiger partial charge in [0.25, 0.3) is 5.91 Å². The van der Waals surface area contributed by atoms with E-state index in [-0.39, 0.29) is 29.9 Å². The molecule has 0 fully saturated rings. The number of hydrogen-bond donors (Lipinski definition) is 3. The van der Waals surface area contributed by atoms with E-state index in [4.69, 9.17) is 21.1 Å². The molecule has 0 saturated heterocycles. The normalized spacial score (nSPS) is 10.6. The van der Waals surface area contributed by atoms with Crippen LogP contribution in [0, 0.1) is 0 Å². The average Bonchev–Trinajstić information content (AvgIpc) is 2.71. The van der Waals surface area contributed by atoms with E-state index in [0.29, 0.717) is 47.7 Å². The zero-order valence-corrected chi connectivity index (χ0v) is 19.7. The van der Waals surface area contributed by atoms with Gasteiger partial charge in [-0.25, -0.2) is 0 Å². The molecule has 9 heteroatoms. The third-order valence-electron chi connectivity index (χ3n) is 3.76. The largest absolute Gasteiger partial charge is 0.493 e. The summed E-state index contributed by atoms with van der Waals surface area (Å²) < 4.78 is 10.6. The summed E-state index contributed by atoms with van der Waals surface area (Å²) in [6.45, 7) is 3.51. The van der Waals surface area contributed by atoms with Crippen molar-refractivity contribution in [1.29, 1.82) is 0 Å². The Balaban J connectivity index is 0.00000420. The summed E-state index contributed by atoms with van der Waals surface area (Å²) in [5.74, 6) is 1.72. The molecule has 0 aliphatic heterocycles. The first-order valence-corrected chi connectivity index (χ1v) is 9.26. The topological polar surface area (TPSA) is 84.0 Å². The van der Waals surface area contributed by atoms with Crippen LogP contribution < -0.4 is 25.4 Å². The Hall–Kier alpha value is -2.20. The molecule has 0 atom stereocenters. The summed E-state index contributed by atoms with van der Waals surface area (Å²) in [5, 5.41) is 9.80. The molecule has 3 N–H and O–H groups in total. The van der Waals surface area contributed by atoms with E-state index in [9.17, 15) is 4.79 Å². The minimum Gasteiger partial charge on any atom is -0.493 e.